The topological polar surface area (TPSA) is 59.3 Å². The molecule has 0 aliphatic carbocycles. The third-order valence-electron chi connectivity index (χ3n) is 3.30. The van der Waals surface area contributed by atoms with Crippen molar-refractivity contribution in [3.8, 4) is 0 Å². The predicted molar refractivity (Wildman–Crippen MR) is 78.4 cm³/mol. The van der Waals surface area contributed by atoms with Gasteiger partial charge in [0.15, 0.2) is 0 Å². The number of benzene rings is 1. The van der Waals surface area contributed by atoms with Gasteiger partial charge in [-0.15, -0.1) is 11.8 Å². The molecule has 20 heavy (non-hydrogen) atoms. The second-order valence-electron chi connectivity index (χ2n) is 4.41. The molecule has 2 aromatic rings. The van der Waals surface area contributed by atoms with Crippen LogP contribution < -0.4 is 5.43 Å². The van der Waals surface area contributed by atoms with Crippen molar-refractivity contribution in [2.45, 2.75) is 18.2 Å². The molecule has 0 radical (unpaired) electrons. The molecule has 0 amide bonds. The van der Waals surface area contributed by atoms with Gasteiger partial charge in [-0.2, -0.15) is 0 Å². The van der Waals surface area contributed by atoms with E-state index in [0.29, 0.717) is 27.1 Å². The SMILES string of the molecule is O=C(O)c1c2n(c3cc(Br)c(CF)cc3c1=O)CCS2. The van der Waals surface area contributed by atoms with Crippen LogP contribution in [0.3, 0.4) is 0 Å². The van der Waals surface area contributed by atoms with Crippen LogP contribution in [0, 0.1) is 0 Å². The Morgan fingerprint density at radius 3 is 2.90 bits per heavy atom. The van der Waals surface area contributed by atoms with E-state index < -0.39 is 18.1 Å². The zero-order chi connectivity index (χ0) is 14.4. The molecule has 0 atom stereocenters. The summed E-state index contributed by atoms with van der Waals surface area (Å²) in [6, 6.07) is 3.12. The molecule has 1 aliphatic heterocycles. The number of aromatic carboxylic acids is 1. The van der Waals surface area contributed by atoms with E-state index in [1.165, 1.54) is 17.8 Å². The number of alkyl halides is 1. The molecule has 1 aromatic carbocycles. The highest BCUT2D eigenvalue weighted by Crippen LogP contribution is 2.33. The lowest BCUT2D eigenvalue weighted by molar-refractivity contribution is 0.0690. The van der Waals surface area contributed by atoms with Crippen LogP contribution in [-0.4, -0.2) is 21.4 Å². The smallest absolute Gasteiger partial charge is 0.342 e. The zero-order valence-electron chi connectivity index (χ0n) is 10.2. The van der Waals surface area contributed by atoms with Crippen LogP contribution in [0.4, 0.5) is 4.39 Å². The van der Waals surface area contributed by atoms with Crippen molar-refractivity contribution in [2.75, 3.05) is 5.75 Å². The number of aromatic nitrogens is 1. The molecule has 4 nitrogen and oxygen atoms in total. The Labute approximate surface area is 125 Å². The fraction of sp³-hybridized carbons (Fsp3) is 0.231. The van der Waals surface area contributed by atoms with Crippen LogP contribution in [0.1, 0.15) is 15.9 Å². The molecule has 0 bridgehead atoms. The molecular formula is C13H9BrFNO3S. The molecule has 0 unspecified atom stereocenters. The molecular weight excluding hydrogens is 349 g/mol. The molecule has 104 valence electrons. The van der Waals surface area contributed by atoms with Crippen molar-refractivity contribution >= 4 is 44.6 Å². The lowest BCUT2D eigenvalue weighted by atomic mass is 10.1. The minimum atomic E-state index is -1.24. The number of rotatable bonds is 2. The van der Waals surface area contributed by atoms with Crippen LogP contribution in [0.15, 0.2) is 26.4 Å². The van der Waals surface area contributed by atoms with E-state index in [2.05, 4.69) is 15.9 Å². The Morgan fingerprint density at radius 2 is 2.25 bits per heavy atom. The maximum atomic E-state index is 12.9. The van der Waals surface area contributed by atoms with Gasteiger partial charge >= 0.3 is 5.97 Å². The number of hydrogen-bond acceptors (Lipinski definition) is 3. The first kappa shape index (κ1) is 13.6. The first-order valence-corrected chi connectivity index (χ1v) is 7.63. The van der Waals surface area contributed by atoms with Gasteiger partial charge in [0.25, 0.3) is 0 Å². The maximum Gasteiger partial charge on any atom is 0.342 e. The summed E-state index contributed by atoms with van der Waals surface area (Å²) >= 11 is 4.64. The van der Waals surface area contributed by atoms with E-state index in [1.54, 1.807) is 6.07 Å². The highest BCUT2D eigenvalue weighted by atomic mass is 79.9. The van der Waals surface area contributed by atoms with Crippen LogP contribution in [0.5, 0.6) is 0 Å². The second-order valence-corrected chi connectivity index (χ2v) is 6.35. The highest BCUT2D eigenvalue weighted by molar-refractivity contribution is 9.10. The van der Waals surface area contributed by atoms with Crippen molar-refractivity contribution in [2.24, 2.45) is 0 Å². The fourth-order valence-corrected chi connectivity index (χ4v) is 3.96. The molecule has 0 spiro atoms. The number of carboxylic acids is 1. The first-order chi connectivity index (χ1) is 9.54. The first-order valence-electron chi connectivity index (χ1n) is 5.85. The monoisotopic (exact) mass is 357 g/mol. The molecule has 2 heterocycles. The van der Waals surface area contributed by atoms with E-state index >= 15 is 0 Å². The minimum absolute atomic E-state index is 0.216. The number of nitrogens with zero attached hydrogens (tertiary/aromatic N) is 1. The summed E-state index contributed by atoms with van der Waals surface area (Å²) < 4.78 is 15.3. The van der Waals surface area contributed by atoms with Gasteiger partial charge in [0.1, 0.15) is 12.2 Å². The molecule has 1 aliphatic rings. The number of carboxylic acid groups (broad SMARTS) is 1. The Morgan fingerprint density at radius 1 is 1.50 bits per heavy atom. The minimum Gasteiger partial charge on any atom is -0.477 e. The molecule has 7 heteroatoms. The van der Waals surface area contributed by atoms with E-state index in [0.717, 1.165) is 5.75 Å². The van der Waals surface area contributed by atoms with Crippen molar-refractivity contribution in [1.29, 1.82) is 0 Å². The molecule has 1 N–H and O–H groups in total. The third kappa shape index (κ3) is 1.88. The average Bonchev–Trinajstić information content (AvgIpc) is 2.87. The Hall–Kier alpha value is -1.34. The number of carbonyl (C=O) groups is 1. The number of hydrogen-bond donors (Lipinski definition) is 1. The predicted octanol–water partition coefficient (Wildman–Crippen LogP) is 3.04. The van der Waals surface area contributed by atoms with Gasteiger partial charge < -0.3 is 9.67 Å². The molecule has 1 aromatic heterocycles. The molecule has 0 saturated heterocycles. The summed E-state index contributed by atoms with van der Waals surface area (Å²) in [7, 11) is 0. The largest absolute Gasteiger partial charge is 0.477 e. The highest BCUT2D eigenvalue weighted by Gasteiger charge is 2.26. The van der Waals surface area contributed by atoms with E-state index in [4.69, 9.17) is 0 Å². The van der Waals surface area contributed by atoms with E-state index in [-0.39, 0.29) is 10.9 Å². The van der Waals surface area contributed by atoms with Crippen LogP contribution in [0.2, 0.25) is 0 Å². The maximum absolute atomic E-state index is 12.9. The summed E-state index contributed by atoms with van der Waals surface area (Å²) in [5.74, 6) is -0.513. The Kier molecular flexibility index (Phi) is 3.33. The van der Waals surface area contributed by atoms with E-state index in [9.17, 15) is 19.1 Å². The number of aryl methyl sites for hydroxylation is 1. The van der Waals surface area contributed by atoms with Gasteiger partial charge in [-0.25, -0.2) is 9.18 Å². The lowest BCUT2D eigenvalue weighted by Gasteiger charge is -2.12. The van der Waals surface area contributed by atoms with Gasteiger partial charge in [0.2, 0.25) is 5.43 Å². The summed E-state index contributed by atoms with van der Waals surface area (Å²) in [6.45, 7) is -0.0761. The summed E-state index contributed by atoms with van der Waals surface area (Å²) in [5.41, 5.74) is 0.226. The van der Waals surface area contributed by atoms with Crippen molar-refractivity contribution in [3.05, 3.63) is 38.0 Å². The number of pyridine rings is 1. The van der Waals surface area contributed by atoms with E-state index in [1.807, 2.05) is 4.57 Å². The molecule has 0 saturated carbocycles. The standard InChI is InChI=1S/C13H9BrFNO3S/c14-8-4-9-7(3-6(8)5-15)11(17)10(13(18)19)12-16(9)1-2-20-12/h3-4H,1-2,5H2,(H,18,19). The number of halogens is 2. The van der Waals surface area contributed by atoms with Gasteiger partial charge in [0.05, 0.1) is 10.5 Å². The Bertz CT molecular complexity index is 803. The van der Waals surface area contributed by atoms with Gasteiger partial charge in [-0.05, 0) is 17.7 Å². The Balaban J connectivity index is 2.50. The van der Waals surface area contributed by atoms with Crippen LogP contribution >= 0.6 is 27.7 Å². The van der Waals surface area contributed by atoms with Gasteiger partial charge in [0, 0.05) is 22.2 Å². The second kappa shape index (κ2) is 4.89. The number of fused-ring (bicyclic) bond motifs is 3. The average molecular weight is 358 g/mol. The van der Waals surface area contributed by atoms with Crippen molar-refractivity contribution in [1.82, 2.24) is 4.57 Å². The normalized spacial score (nSPS) is 13.7. The van der Waals surface area contributed by atoms with Crippen LogP contribution in [-0.2, 0) is 13.2 Å². The van der Waals surface area contributed by atoms with Crippen molar-refractivity contribution in [3.63, 3.8) is 0 Å². The van der Waals surface area contributed by atoms with Gasteiger partial charge in [-0.3, -0.25) is 4.79 Å². The summed E-state index contributed by atoms with van der Waals surface area (Å²) in [4.78, 5) is 23.7. The summed E-state index contributed by atoms with van der Waals surface area (Å²) in [5, 5.41) is 10.00. The zero-order valence-corrected chi connectivity index (χ0v) is 12.6. The molecule has 3 rings (SSSR count). The van der Waals surface area contributed by atoms with Gasteiger partial charge in [-0.1, -0.05) is 15.9 Å². The fourth-order valence-electron chi connectivity index (χ4n) is 2.39. The number of thioether (sulfide) groups is 1. The lowest BCUT2D eigenvalue weighted by Crippen LogP contribution is -2.20. The van der Waals surface area contributed by atoms with Crippen molar-refractivity contribution < 1.29 is 14.3 Å². The quantitative estimate of drug-likeness (QED) is 0.897. The molecule has 0 fully saturated rings. The summed E-state index contributed by atoms with van der Waals surface area (Å²) in [6.07, 6.45) is 0. The van der Waals surface area contributed by atoms with Crippen LogP contribution in [0.25, 0.3) is 10.9 Å². The third-order valence-corrected chi connectivity index (χ3v) is 5.12.